The first-order valence-corrected chi connectivity index (χ1v) is 7.49. The SMILES string of the molecule is CC(CNC(=O)C1(N)CCCCC1)Oc1cccc(F)c1. The molecule has 0 radical (unpaired) electrons. The fraction of sp³-hybridized carbons (Fsp3) is 0.562. The summed E-state index contributed by atoms with van der Waals surface area (Å²) in [4.78, 5) is 12.2. The Bertz CT molecular complexity index is 487. The zero-order chi connectivity index (χ0) is 15.3. The van der Waals surface area contributed by atoms with Crippen LogP contribution in [0.1, 0.15) is 39.0 Å². The maximum absolute atomic E-state index is 13.1. The third-order valence-electron chi connectivity index (χ3n) is 3.88. The van der Waals surface area contributed by atoms with E-state index in [1.165, 1.54) is 12.1 Å². The van der Waals surface area contributed by atoms with Crippen LogP contribution in [0.5, 0.6) is 5.75 Å². The van der Waals surface area contributed by atoms with Crippen molar-refractivity contribution in [3.05, 3.63) is 30.1 Å². The molecule has 1 saturated carbocycles. The van der Waals surface area contributed by atoms with Crippen molar-refractivity contribution in [2.45, 2.75) is 50.7 Å². The average molecular weight is 294 g/mol. The van der Waals surface area contributed by atoms with E-state index in [9.17, 15) is 9.18 Å². The standard InChI is InChI=1S/C16H23FN2O2/c1-12(21-14-7-5-6-13(17)10-14)11-19-15(20)16(18)8-3-2-4-9-16/h5-7,10,12H,2-4,8-9,11,18H2,1H3,(H,19,20). The minimum atomic E-state index is -0.739. The molecule has 0 spiro atoms. The van der Waals surface area contributed by atoms with Gasteiger partial charge in [-0.05, 0) is 31.9 Å². The lowest BCUT2D eigenvalue weighted by atomic mass is 9.82. The van der Waals surface area contributed by atoms with E-state index >= 15 is 0 Å². The maximum atomic E-state index is 13.1. The highest BCUT2D eigenvalue weighted by atomic mass is 19.1. The van der Waals surface area contributed by atoms with Gasteiger partial charge in [0.15, 0.2) is 0 Å². The van der Waals surface area contributed by atoms with Crippen LogP contribution < -0.4 is 15.8 Å². The van der Waals surface area contributed by atoms with Gasteiger partial charge in [-0.15, -0.1) is 0 Å². The van der Waals surface area contributed by atoms with E-state index in [-0.39, 0.29) is 17.8 Å². The molecule has 4 nitrogen and oxygen atoms in total. The number of hydrogen-bond acceptors (Lipinski definition) is 3. The summed E-state index contributed by atoms with van der Waals surface area (Å²) in [7, 11) is 0. The van der Waals surface area contributed by atoms with E-state index in [2.05, 4.69) is 5.32 Å². The van der Waals surface area contributed by atoms with E-state index in [1.807, 2.05) is 6.92 Å². The van der Waals surface area contributed by atoms with Gasteiger partial charge in [-0.3, -0.25) is 4.79 Å². The first-order valence-electron chi connectivity index (χ1n) is 7.49. The highest BCUT2D eigenvalue weighted by molar-refractivity contribution is 5.86. The lowest BCUT2D eigenvalue weighted by molar-refractivity contribution is -0.127. The zero-order valence-electron chi connectivity index (χ0n) is 12.4. The number of nitrogens with one attached hydrogen (secondary N) is 1. The zero-order valence-corrected chi connectivity index (χ0v) is 12.4. The second kappa shape index (κ2) is 6.89. The summed E-state index contributed by atoms with van der Waals surface area (Å²) in [6.07, 6.45) is 4.36. The molecule has 0 saturated heterocycles. The molecule has 0 bridgehead atoms. The van der Waals surface area contributed by atoms with Crippen molar-refractivity contribution in [1.29, 1.82) is 0 Å². The second-order valence-electron chi connectivity index (χ2n) is 5.81. The molecule has 1 aliphatic rings. The molecule has 2 rings (SSSR count). The Balaban J connectivity index is 1.80. The van der Waals surface area contributed by atoms with Crippen molar-refractivity contribution < 1.29 is 13.9 Å². The molecule has 1 atom stereocenters. The van der Waals surface area contributed by atoms with Crippen molar-refractivity contribution in [2.24, 2.45) is 5.73 Å². The Morgan fingerprint density at radius 1 is 1.43 bits per heavy atom. The number of nitrogens with two attached hydrogens (primary N) is 1. The maximum Gasteiger partial charge on any atom is 0.240 e. The van der Waals surface area contributed by atoms with Crippen molar-refractivity contribution in [3.63, 3.8) is 0 Å². The smallest absolute Gasteiger partial charge is 0.240 e. The Kier molecular flexibility index (Phi) is 5.17. The van der Waals surface area contributed by atoms with Gasteiger partial charge in [-0.2, -0.15) is 0 Å². The summed E-state index contributed by atoms with van der Waals surface area (Å²) in [6.45, 7) is 2.18. The van der Waals surface area contributed by atoms with E-state index in [4.69, 9.17) is 10.5 Å². The lowest BCUT2D eigenvalue weighted by Crippen LogP contribution is -2.56. The monoisotopic (exact) mass is 294 g/mol. The van der Waals surface area contributed by atoms with Crippen LogP contribution in [0.2, 0.25) is 0 Å². The number of amides is 1. The van der Waals surface area contributed by atoms with Gasteiger partial charge < -0.3 is 15.8 Å². The van der Waals surface area contributed by atoms with Crippen LogP contribution in [0.25, 0.3) is 0 Å². The van der Waals surface area contributed by atoms with Crippen LogP contribution in [-0.4, -0.2) is 24.1 Å². The Labute approximate surface area is 124 Å². The van der Waals surface area contributed by atoms with Gasteiger partial charge >= 0.3 is 0 Å². The molecule has 21 heavy (non-hydrogen) atoms. The topological polar surface area (TPSA) is 64.4 Å². The highest BCUT2D eigenvalue weighted by Gasteiger charge is 2.35. The molecular weight excluding hydrogens is 271 g/mol. The Morgan fingerprint density at radius 2 is 2.14 bits per heavy atom. The van der Waals surface area contributed by atoms with Crippen molar-refractivity contribution >= 4 is 5.91 Å². The predicted molar refractivity (Wildman–Crippen MR) is 79.5 cm³/mol. The molecule has 0 aliphatic heterocycles. The largest absolute Gasteiger partial charge is 0.489 e. The van der Waals surface area contributed by atoms with Gasteiger partial charge in [-0.1, -0.05) is 25.3 Å². The fourth-order valence-corrected chi connectivity index (χ4v) is 2.64. The summed E-state index contributed by atoms with van der Waals surface area (Å²) in [6, 6.07) is 5.96. The van der Waals surface area contributed by atoms with Crippen LogP contribution in [0.3, 0.4) is 0 Å². The van der Waals surface area contributed by atoms with Crippen LogP contribution in [-0.2, 0) is 4.79 Å². The number of rotatable bonds is 5. The predicted octanol–water partition coefficient (Wildman–Crippen LogP) is 2.37. The number of carbonyl (C=O) groups is 1. The quantitative estimate of drug-likeness (QED) is 0.876. The molecule has 3 N–H and O–H groups in total. The average Bonchev–Trinajstić information content (AvgIpc) is 2.45. The van der Waals surface area contributed by atoms with Gasteiger partial charge in [0.05, 0.1) is 12.1 Å². The van der Waals surface area contributed by atoms with Crippen molar-refractivity contribution in [2.75, 3.05) is 6.54 Å². The minimum Gasteiger partial charge on any atom is -0.489 e. The molecule has 5 heteroatoms. The molecule has 1 fully saturated rings. The summed E-state index contributed by atoms with van der Waals surface area (Å²) in [5.74, 6) is 0.000576. The van der Waals surface area contributed by atoms with Gasteiger partial charge in [0.25, 0.3) is 0 Å². The van der Waals surface area contributed by atoms with Crippen molar-refractivity contribution in [1.82, 2.24) is 5.32 Å². The first kappa shape index (κ1) is 15.8. The molecule has 1 amide bonds. The third-order valence-corrected chi connectivity index (χ3v) is 3.88. The number of ether oxygens (including phenoxy) is 1. The Morgan fingerprint density at radius 3 is 2.81 bits per heavy atom. The van der Waals surface area contributed by atoms with E-state index in [0.717, 1.165) is 32.1 Å². The van der Waals surface area contributed by atoms with Crippen LogP contribution >= 0.6 is 0 Å². The molecule has 1 aliphatic carbocycles. The summed E-state index contributed by atoms with van der Waals surface area (Å²) in [5, 5.41) is 2.84. The van der Waals surface area contributed by atoms with Crippen LogP contribution in [0.15, 0.2) is 24.3 Å². The van der Waals surface area contributed by atoms with E-state index in [1.54, 1.807) is 12.1 Å². The minimum absolute atomic E-state index is 0.114. The van der Waals surface area contributed by atoms with E-state index in [0.29, 0.717) is 12.3 Å². The van der Waals surface area contributed by atoms with Gasteiger partial charge in [0.1, 0.15) is 17.7 Å². The molecule has 1 aromatic rings. The van der Waals surface area contributed by atoms with Crippen LogP contribution in [0, 0.1) is 5.82 Å². The van der Waals surface area contributed by atoms with E-state index < -0.39 is 5.54 Å². The first-order chi connectivity index (χ1) is 9.99. The molecule has 0 aromatic heterocycles. The molecule has 1 unspecified atom stereocenters. The second-order valence-corrected chi connectivity index (χ2v) is 5.81. The number of halogens is 1. The lowest BCUT2D eigenvalue weighted by Gasteiger charge is -2.32. The van der Waals surface area contributed by atoms with Gasteiger partial charge in [-0.25, -0.2) is 4.39 Å². The van der Waals surface area contributed by atoms with Gasteiger partial charge in [0.2, 0.25) is 5.91 Å². The summed E-state index contributed by atoms with van der Waals surface area (Å²) < 4.78 is 18.6. The summed E-state index contributed by atoms with van der Waals surface area (Å²) in [5.41, 5.74) is 5.42. The number of hydrogen-bond donors (Lipinski definition) is 2. The molecule has 1 aromatic carbocycles. The van der Waals surface area contributed by atoms with Gasteiger partial charge in [0, 0.05) is 6.07 Å². The molecule has 116 valence electrons. The Hall–Kier alpha value is -1.62. The number of carbonyl (C=O) groups excluding carboxylic acids is 1. The fourth-order valence-electron chi connectivity index (χ4n) is 2.64. The third kappa shape index (κ3) is 4.43. The van der Waals surface area contributed by atoms with Crippen molar-refractivity contribution in [3.8, 4) is 5.75 Å². The normalized spacial score (nSPS) is 18.8. The van der Waals surface area contributed by atoms with Crippen LogP contribution in [0.4, 0.5) is 4.39 Å². The molecular formula is C16H23FN2O2. The molecule has 0 heterocycles. The highest BCUT2D eigenvalue weighted by Crippen LogP contribution is 2.25. The summed E-state index contributed by atoms with van der Waals surface area (Å²) >= 11 is 0. The number of benzene rings is 1.